The molecule has 0 fully saturated rings. The summed E-state index contributed by atoms with van der Waals surface area (Å²) in [6.07, 6.45) is 1.90. The molecule has 1 aromatic carbocycles. The van der Waals surface area contributed by atoms with Gasteiger partial charge in [-0.05, 0) is 57.0 Å². The maximum absolute atomic E-state index is 12.3. The largest absolute Gasteiger partial charge is 0.481 e. The number of pyridine rings is 1. The number of nitrogens with one attached hydrogen (secondary N) is 1. The predicted octanol–water partition coefficient (Wildman–Crippen LogP) is 3.01. The summed E-state index contributed by atoms with van der Waals surface area (Å²) in [5.41, 5.74) is 3.10. The van der Waals surface area contributed by atoms with E-state index in [1.54, 1.807) is 13.1 Å². The highest BCUT2D eigenvalue weighted by molar-refractivity contribution is 5.80. The first-order valence-electron chi connectivity index (χ1n) is 9.02. The molecule has 0 aliphatic carbocycles. The van der Waals surface area contributed by atoms with Crippen LogP contribution in [0.15, 0.2) is 54.7 Å². The van der Waals surface area contributed by atoms with Crippen LogP contribution in [0.25, 0.3) is 5.82 Å². The first-order valence-corrected chi connectivity index (χ1v) is 9.02. The summed E-state index contributed by atoms with van der Waals surface area (Å²) in [6, 6.07) is 15.1. The Morgan fingerprint density at radius 1 is 1.15 bits per heavy atom. The van der Waals surface area contributed by atoms with Crippen molar-refractivity contribution in [2.45, 2.75) is 33.3 Å². The Hall–Kier alpha value is -3.15. The first kappa shape index (κ1) is 18.6. The average Bonchev–Trinajstić information content (AvgIpc) is 2.97. The van der Waals surface area contributed by atoms with Crippen LogP contribution in [-0.4, -0.2) is 33.3 Å². The number of ether oxygens (including phenoxy) is 1. The molecule has 6 heteroatoms. The molecule has 6 nitrogen and oxygen atoms in total. The molecule has 0 saturated carbocycles. The van der Waals surface area contributed by atoms with Gasteiger partial charge in [0.2, 0.25) is 0 Å². The minimum atomic E-state index is -0.550. The topological polar surface area (TPSA) is 69.0 Å². The summed E-state index contributed by atoms with van der Waals surface area (Å²) in [6.45, 7) is 6.27. The molecule has 0 saturated heterocycles. The summed E-state index contributed by atoms with van der Waals surface area (Å²) in [4.78, 5) is 16.6. The maximum atomic E-state index is 12.3. The molecule has 0 aliphatic heterocycles. The molecule has 27 heavy (non-hydrogen) atoms. The normalized spacial score (nSPS) is 11.8. The molecule has 1 N–H and O–H groups in total. The highest BCUT2D eigenvalue weighted by Crippen LogP contribution is 2.17. The number of benzene rings is 1. The second kappa shape index (κ2) is 8.49. The zero-order chi connectivity index (χ0) is 19.2. The van der Waals surface area contributed by atoms with Crippen molar-refractivity contribution < 1.29 is 9.53 Å². The number of nitrogens with zero attached hydrogens (tertiary/aromatic N) is 3. The van der Waals surface area contributed by atoms with Gasteiger partial charge in [0.1, 0.15) is 5.75 Å². The van der Waals surface area contributed by atoms with Crippen molar-refractivity contribution in [1.29, 1.82) is 0 Å². The minimum absolute atomic E-state index is 0.133. The van der Waals surface area contributed by atoms with Gasteiger partial charge in [-0.1, -0.05) is 24.3 Å². The SMILES string of the molecule is Cc1nn(-c2ccccn2)c(C)c1CCNC(=O)[C@@H](C)Oc1ccccc1. The lowest BCUT2D eigenvalue weighted by molar-refractivity contribution is -0.127. The van der Waals surface area contributed by atoms with E-state index in [2.05, 4.69) is 15.4 Å². The van der Waals surface area contributed by atoms with E-state index in [9.17, 15) is 4.79 Å². The molecule has 0 aliphatic rings. The Kier molecular flexibility index (Phi) is 5.86. The van der Waals surface area contributed by atoms with Crippen LogP contribution in [0.1, 0.15) is 23.9 Å². The van der Waals surface area contributed by atoms with Crippen LogP contribution < -0.4 is 10.1 Å². The fraction of sp³-hybridized carbons (Fsp3) is 0.286. The lowest BCUT2D eigenvalue weighted by atomic mass is 10.1. The Labute approximate surface area is 159 Å². The molecule has 140 valence electrons. The van der Waals surface area contributed by atoms with Crippen LogP contribution in [0.2, 0.25) is 0 Å². The number of carbonyl (C=O) groups is 1. The fourth-order valence-corrected chi connectivity index (χ4v) is 2.95. The number of rotatable bonds is 7. The fourth-order valence-electron chi connectivity index (χ4n) is 2.95. The lowest BCUT2D eigenvalue weighted by Gasteiger charge is -2.14. The summed E-state index contributed by atoms with van der Waals surface area (Å²) in [5.74, 6) is 1.34. The van der Waals surface area contributed by atoms with Crippen molar-refractivity contribution in [3.05, 3.63) is 71.7 Å². The quantitative estimate of drug-likeness (QED) is 0.700. The molecule has 2 aromatic heterocycles. The highest BCUT2D eigenvalue weighted by Gasteiger charge is 2.16. The zero-order valence-corrected chi connectivity index (χ0v) is 15.8. The van der Waals surface area contributed by atoms with Gasteiger partial charge in [0, 0.05) is 18.4 Å². The van der Waals surface area contributed by atoms with E-state index in [0.717, 1.165) is 22.8 Å². The van der Waals surface area contributed by atoms with E-state index in [4.69, 9.17) is 4.74 Å². The molecular formula is C21H24N4O2. The average molecular weight is 364 g/mol. The van der Waals surface area contributed by atoms with Crippen molar-refractivity contribution in [1.82, 2.24) is 20.1 Å². The number of hydrogen-bond acceptors (Lipinski definition) is 4. The van der Waals surface area contributed by atoms with Gasteiger partial charge in [-0.15, -0.1) is 0 Å². The Morgan fingerprint density at radius 2 is 1.89 bits per heavy atom. The standard InChI is InChI=1S/C21H24N4O2/c1-15-19(16(2)25(24-15)20-11-7-8-13-22-20)12-14-23-21(26)17(3)27-18-9-5-4-6-10-18/h4-11,13,17H,12,14H2,1-3H3,(H,23,26)/t17-/m1/s1. The van der Waals surface area contributed by atoms with E-state index in [1.165, 1.54) is 0 Å². The maximum Gasteiger partial charge on any atom is 0.260 e. The zero-order valence-electron chi connectivity index (χ0n) is 15.8. The summed E-state index contributed by atoms with van der Waals surface area (Å²) in [7, 11) is 0. The smallest absolute Gasteiger partial charge is 0.260 e. The van der Waals surface area contributed by atoms with E-state index in [-0.39, 0.29) is 5.91 Å². The summed E-state index contributed by atoms with van der Waals surface area (Å²) < 4.78 is 7.49. The van der Waals surface area contributed by atoms with Gasteiger partial charge < -0.3 is 10.1 Å². The molecular weight excluding hydrogens is 340 g/mol. The molecule has 0 unspecified atom stereocenters. The van der Waals surface area contributed by atoms with Crippen LogP contribution in [0.5, 0.6) is 5.75 Å². The molecule has 3 rings (SSSR count). The number of amides is 1. The van der Waals surface area contributed by atoms with Crippen molar-refractivity contribution in [3.63, 3.8) is 0 Å². The third-order valence-corrected chi connectivity index (χ3v) is 4.41. The Bertz CT molecular complexity index is 891. The summed E-state index contributed by atoms with van der Waals surface area (Å²) in [5, 5.41) is 7.52. The summed E-state index contributed by atoms with van der Waals surface area (Å²) >= 11 is 0. The van der Waals surface area contributed by atoms with Crippen molar-refractivity contribution in [2.75, 3.05) is 6.54 Å². The first-order chi connectivity index (χ1) is 13.1. The lowest BCUT2D eigenvalue weighted by Crippen LogP contribution is -2.37. The van der Waals surface area contributed by atoms with Crippen LogP contribution in [-0.2, 0) is 11.2 Å². The number of aryl methyl sites for hydroxylation is 1. The molecule has 3 aromatic rings. The van der Waals surface area contributed by atoms with E-state index in [0.29, 0.717) is 18.7 Å². The molecule has 0 bridgehead atoms. The third-order valence-electron chi connectivity index (χ3n) is 4.41. The van der Waals surface area contributed by atoms with E-state index < -0.39 is 6.10 Å². The van der Waals surface area contributed by atoms with Gasteiger partial charge in [0.15, 0.2) is 11.9 Å². The van der Waals surface area contributed by atoms with Crippen molar-refractivity contribution >= 4 is 5.91 Å². The molecule has 0 radical (unpaired) electrons. The Morgan fingerprint density at radius 3 is 2.59 bits per heavy atom. The van der Waals surface area contributed by atoms with E-state index in [1.807, 2.05) is 67.1 Å². The molecule has 0 spiro atoms. The van der Waals surface area contributed by atoms with Crippen LogP contribution >= 0.6 is 0 Å². The number of para-hydroxylation sites is 1. The number of carbonyl (C=O) groups excluding carboxylic acids is 1. The van der Waals surface area contributed by atoms with Gasteiger partial charge in [-0.25, -0.2) is 9.67 Å². The number of aromatic nitrogens is 3. The second-order valence-corrected chi connectivity index (χ2v) is 6.36. The van der Waals surface area contributed by atoms with Crippen molar-refractivity contribution in [3.8, 4) is 11.6 Å². The monoisotopic (exact) mass is 364 g/mol. The van der Waals surface area contributed by atoms with Gasteiger partial charge >= 0.3 is 0 Å². The van der Waals surface area contributed by atoms with Crippen molar-refractivity contribution in [2.24, 2.45) is 0 Å². The second-order valence-electron chi connectivity index (χ2n) is 6.36. The molecule has 1 atom stereocenters. The Balaban J connectivity index is 1.57. The minimum Gasteiger partial charge on any atom is -0.481 e. The van der Waals surface area contributed by atoms with E-state index >= 15 is 0 Å². The third kappa shape index (κ3) is 4.53. The van der Waals surface area contributed by atoms with Gasteiger partial charge in [-0.2, -0.15) is 5.10 Å². The van der Waals surface area contributed by atoms with Gasteiger partial charge in [0.05, 0.1) is 5.69 Å². The van der Waals surface area contributed by atoms with Crippen LogP contribution in [0, 0.1) is 13.8 Å². The molecule has 2 heterocycles. The number of hydrogen-bond donors (Lipinski definition) is 1. The van der Waals surface area contributed by atoms with Gasteiger partial charge in [0.25, 0.3) is 5.91 Å². The molecule has 1 amide bonds. The predicted molar refractivity (Wildman–Crippen MR) is 104 cm³/mol. The highest BCUT2D eigenvalue weighted by atomic mass is 16.5. The van der Waals surface area contributed by atoms with Crippen LogP contribution in [0.3, 0.4) is 0 Å². The van der Waals surface area contributed by atoms with Crippen LogP contribution in [0.4, 0.5) is 0 Å². The van der Waals surface area contributed by atoms with Gasteiger partial charge in [-0.3, -0.25) is 4.79 Å².